The fourth-order valence-electron chi connectivity index (χ4n) is 2.61. The Kier molecular flexibility index (Phi) is 3.81. The van der Waals surface area contributed by atoms with Crippen LogP contribution < -0.4 is 4.74 Å². The number of rotatable bonds is 4. The van der Waals surface area contributed by atoms with Gasteiger partial charge in [-0.1, -0.05) is 31.5 Å². The lowest BCUT2D eigenvalue weighted by Gasteiger charge is -2.35. The van der Waals surface area contributed by atoms with Gasteiger partial charge in [-0.05, 0) is 12.5 Å². The van der Waals surface area contributed by atoms with E-state index in [0.29, 0.717) is 12.2 Å². The predicted octanol–water partition coefficient (Wildman–Crippen LogP) is 2.17. The molecule has 1 N–H and O–H groups in total. The zero-order chi connectivity index (χ0) is 13.1. The number of hydrogen-bond acceptors (Lipinski definition) is 4. The van der Waals surface area contributed by atoms with Gasteiger partial charge in [0.25, 0.3) is 0 Å². The van der Waals surface area contributed by atoms with Crippen molar-refractivity contribution in [1.29, 1.82) is 0 Å². The van der Waals surface area contributed by atoms with Crippen LogP contribution in [-0.2, 0) is 0 Å². The van der Waals surface area contributed by atoms with Gasteiger partial charge in [-0.25, -0.2) is 0 Å². The van der Waals surface area contributed by atoms with Gasteiger partial charge >= 0.3 is 0 Å². The second-order valence-corrected chi connectivity index (χ2v) is 4.62. The van der Waals surface area contributed by atoms with Crippen LogP contribution in [0.25, 0.3) is 0 Å². The number of ether oxygens (including phenoxy) is 1. The highest BCUT2D eigenvalue weighted by atomic mass is 16.6. The Morgan fingerprint density at radius 2 is 2.17 bits per heavy atom. The first kappa shape index (κ1) is 12.8. The molecule has 0 saturated carbocycles. The molecule has 5 nitrogen and oxygen atoms in total. The first-order valence-corrected chi connectivity index (χ1v) is 6.19. The number of aliphatic hydroxyl groups is 1. The van der Waals surface area contributed by atoms with Crippen LogP contribution in [0.4, 0.5) is 0 Å². The lowest BCUT2D eigenvalue weighted by Crippen LogP contribution is -2.38. The molecule has 0 amide bonds. The quantitative estimate of drug-likeness (QED) is 0.657. The minimum atomic E-state index is -0.954. The molecular formula is C13H17NO4. The number of fused-ring (bicyclic) bond motifs is 1. The van der Waals surface area contributed by atoms with Crippen molar-refractivity contribution in [1.82, 2.24) is 0 Å². The van der Waals surface area contributed by atoms with E-state index in [1.807, 2.05) is 19.1 Å². The first-order valence-electron chi connectivity index (χ1n) is 6.19. The molecule has 0 bridgehead atoms. The summed E-state index contributed by atoms with van der Waals surface area (Å²) in [6, 6.07) is 7.23. The van der Waals surface area contributed by atoms with Crippen molar-refractivity contribution in [3.8, 4) is 5.75 Å². The molecule has 1 heterocycles. The Bertz CT molecular complexity index is 435. The van der Waals surface area contributed by atoms with Crippen LogP contribution in [0.3, 0.4) is 0 Å². The Hall–Kier alpha value is -1.62. The van der Waals surface area contributed by atoms with Crippen LogP contribution >= 0.6 is 0 Å². The summed E-state index contributed by atoms with van der Waals surface area (Å²) < 4.78 is 5.44. The van der Waals surface area contributed by atoms with Gasteiger partial charge in [0.2, 0.25) is 12.8 Å². The molecule has 1 aromatic rings. The summed E-state index contributed by atoms with van der Waals surface area (Å²) in [7, 11) is 0. The standard InChI is InChI=1S/C13H17NO4/c1-2-5-10-11(8-14(16)17)9-6-3-4-7-12(9)18-13(10)15/h3-4,6-7,10-11,13,15H,2,5,8H2,1H3/t10-,11-,13?/m1/s1. The van der Waals surface area contributed by atoms with Gasteiger partial charge in [0.1, 0.15) is 5.75 Å². The van der Waals surface area contributed by atoms with E-state index in [1.165, 1.54) is 0 Å². The largest absolute Gasteiger partial charge is 0.465 e. The second-order valence-electron chi connectivity index (χ2n) is 4.62. The van der Waals surface area contributed by atoms with Gasteiger partial charge in [0.15, 0.2) is 0 Å². The molecule has 2 rings (SSSR count). The maximum Gasteiger partial charge on any atom is 0.211 e. The van der Waals surface area contributed by atoms with E-state index in [2.05, 4.69) is 0 Å². The van der Waals surface area contributed by atoms with Crippen molar-refractivity contribution in [2.75, 3.05) is 6.54 Å². The topological polar surface area (TPSA) is 72.6 Å². The zero-order valence-electron chi connectivity index (χ0n) is 10.3. The number of benzene rings is 1. The molecule has 0 saturated heterocycles. The fraction of sp³-hybridized carbons (Fsp3) is 0.538. The molecule has 1 aliphatic heterocycles. The maximum atomic E-state index is 10.8. The molecule has 18 heavy (non-hydrogen) atoms. The molecule has 1 unspecified atom stereocenters. The summed E-state index contributed by atoms with van der Waals surface area (Å²) in [6.45, 7) is 1.83. The highest BCUT2D eigenvalue weighted by molar-refractivity contribution is 5.38. The van der Waals surface area contributed by atoms with Crippen molar-refractivity contribution in [2.45, 2.75) is 32.0 Å². The summed E-state index contributed by atoms with van der Waals surface area (Å²) in [5, 5.41) is 20.8. The van der Waals surface area contributed by atoms with Crippen LogP contribution in [0.15, 0.2) is 24.3 Å². The van der Waals surface area contributed by atoms with E-state index < -0.39 is 6.29 Å². The minimum absolute atomic E-state index is 0.165. The van der Waals surface area contributed by atoms with Crippen molar-refractivity contribution in [2.24, 2.45) is 5.92 Å². The first-order chi connectivity index (χ1) is 8.63. The summed E-state index contributed by atoms with van der Waals surface area (Å²) in [6.07, 6.45) is 0.625. The normalized spacial score (nSPS) is 26.2. The summed E-state index contributed by atoms with van der Waals surface area (Å²) in [4.78, 5) is 10.5. The van der Waals surface area contributed by atoms with Crippen molar-refractivity contribution < 1.29 is 14.8 Å². The minimum Gasteiger partial charge on any atom is -0.465 e. The van der Waals surface area contributed by atoms with Gasteiger partial charge in [0, 0.05) is 16.4 Å². The third-order valence-corrected chi connectivity index (χ3v) is 3.42. The summed E-state index contributed by atoms with van der Waals surface area (Å²) >= 11 is 0. The van der Waals surface area contributed by atoms with E-state index in [0.717, 1.165) is 12.0 Å². The average Bonchev–Trinajstić information content (AvgIpc) is 2.33. The highest BCUT2D eigenvalue weighted by Gasteiger charge is 2.39. The molecule has 5 heteroatoms. The number of nitrogens with zero attached hydrogens (tertiary/aromatic N) is 1. The van der Waals surface area contributed by atoms with E-state index in [1.54, 1.807) is 12.1 Å². The Morgan fingerprint density at radius 3 is 2.83 bits per heavy atom. The van der Waals surface area contributed by atoms with Crippen LogP contribution in [0.1, 0.15) is 31.2 Å². The van der Waals surface area contributed by atoms with E-state index in [-0.39, 0.29) is 23.3 Å². The van der Waals surface area contributed by atoms with Gasteiger partial charge in [-0.15, -0.1) is 0 Å². The van der Waals surface area contributed by atoms with Crippen molar-refractivity contribution >= 4 is 0 Å². The van der Waals surface area contributed by atoms with E-state index >= 15 is 0 Å². The molecule has 0 aliphatic carbocycles. The third-order valence-electron chi connectivity index (χ3n) is 3.42. The van der Waals surface area contributed by atoms with E-state index in [4.69, 9.17) is 4.74 Å². The molecule has 98 valence electrons. The second kappa shape index (κ2) is 5.35. The van der Waals surface area contributed by atoms with Crippen LogP contribution in [0.2, 0.25) is 0 Å². The Morgan fingerprint density at radius 1 is 1.44 bits per heavy atom. The molecule has 0 aromatic heterocycles. The maximum absolute atomic E-state index is 10.8. The van der Waals surface area contributed by atoms with Crippen LogP contribution in [0.5, 0.6) is 5.75 Å². The molecule has 3 atom stereocenters. The number of nitro groups is 1. The average molecular weight is 251 g/mol. The van der Waals surface area contributed by atoms with Crippen molar-refractivity contribution in [3.63, 3.8) is 0 Å². The smallest absolute Gasteiger partial charge is 0.211 e. The number of para-hydroxylation sites is 1. The fourth-order valence-corrected chi connectivity index (χ4v) is 2.61. The number of hydrogen-bond donors (Lipinski definition) is 1. The molecular weight excluding hydrogens is 234 g/mol. The third kappa shape index (κ3) is 2.46. The van der Waals surface area contributed by atoms with E-state index in [9.17, 15) is 15.2 Å². The highest BCUT2D eigenvalue weighted by Crippen LogP contribution is 2.41. The van der Waals surface area contributed by atoms with Gasteiger partial charge < -0.3 is 9.84 Å². The Balaban J connectivity index is 2.35. The van der Waals surface area contributed by atoms with Crippen LogP contribution in [-0.4, -0.2) is 22.9 Å². The molecule has 0 spiro atoms. The molecule has 1 aliphatic rings. The van der Waals surface area contributed by atoms with Gasteiger partial charge in [0.05, 0.1) is 5.92 Å². The monoisotopic (exact) mass is 251 g/mol. The zero-order valence-corrected chi connectivity index (χ0v) is 10.3. The number of aliphatic hydroxyl groups excluding tert-OH is 1. The molecule has 0 fully saturated rings. The molecule has 1 aromatic carbocycles. The van der Waals surface area contributed by atoms with Crippen molar-refractivity contribution in [3.05, 3.63) is 39.9 Å². The Labute approximate surface area is 106 Å². The summed E-state index contributed by atoms with van der Waals surface area (Å²) in [5.41, 5.74) is 0.831. The molecule has 0 radical (unpaired) electrons. The van der Waals surface area contributed by atoms with Gasteiger partial charge in [-0.3, -0.25) is 10.1 Å². The lowest BCUT2D eigenvalue weighted by atomic mass is 9.80. The predicted molar refractivity (Wildman–Crippen MR) is 66.1 cm³/mol. The van der Waals surface area contributed by atoms with Gasteiger partial charge in [-0.2, -0.15) is 0 Å². The summed E-state index contributed by atoms with van der Waals surface area (Å²) in [5.74, 6) is 0.0689. The SMILES string of the molecule is CCC[C@H]1C(O)Oc2ccccc2[C@H]1C[N+](=O)[O-]. The van der Waals surface area contributed by atoms with Crippen LogP contribution in [0, 0.1) is 16.0 Å². The lowest BCUT2D eigenvalue weighted by molar-refractivity contribution is -0.486.